The minimum absolute atomic E-state index is 0.212. The second-order valence-electron chi connectivity index (χ2n) is 7.86. The second-order valence-corrected chi connectivity index (χ2v) is 7.86. The highest BCUT2D eigenvalue weighted by atomic mass is 16.5. The number of para-hydroxylation sites is 1. The molecule has 162 valence electrons. The first-order valence-electron chi connectivity index (χ1n) is 10.9. The largest absolute Gasteiger partial charge is 0.508 e. The van der Waals surface area contributed by atoms with Gasteiger partial charge in [0.05, 0.1) is 6.10 Å². The van der Waals surface area contributed by atoms with Crippen molar-refractivity contribution in [2.24, 2.45) is 0 Å². The molecule has 0 saturated heterocycles. The molecule has 0 aromatic heterocycles. The fourth-order valence-corrected chi connectivity index (χ4v) is 3.76. The van der Waals surface area contributed by atoms with E-state index in [9.17, 15) is 10.1 Å². The van der Waals surface area contributed by atoms with Gasteiger partial charge >= 0.3 is 7.12 Å². The smallest absolute Gasteiger partial charge is 0.458 e. The van der Waals surface area contributed by atoms with E-state index in [0.29, 0.717) is 12.9 Å². The van der Waals surface area contributed by atoms with E-state index in [-0.39, 0.29) is 11.9 Å². The van der Waals surface area contributed by atoms with Gasteiger partial charge < -0.3 is 19.5 Å². The van der Waals surface area contributed by atoms with Crippen LogP contribution in [0.25, 0.3) is 6.08 Å². The van der Waals surface area contributed by atoms with E-state index >= 15 is 0 Å². The lowest BCUT2D eigenvalue weighted by Crippen LogP contribution is -2.32. The summed E-state index contributed by atoms with van der Waals surface area (Å²) in [5.41, 5.74) is 4.28. The van der Waals surface area contributed by atoms with Gasteiger partial charge in [0.1, 0.15) is 18.1 Å². The number of ether oxygens (including phenoxy) is 1. The number of benzene rings is 2. The van der Waals surface area contributed by atoms with E-state index in [1.165, 1.54) is 5.57 Å². The fraction of sp³-hybridized carbons (Fsp3) is 0.308. The van der Waals surface area contributed by atoms with Gasteiger partial charge in [-0.05, 0) is 60.2 Å². The quantitative estimate of drug-likeness (QED) is 0.479. The number of hydrogen-bond acceptors (Lipinski definition) is 4. The highest BCUT2D eigenvalue weighted by molar-refractivity contribution is 6.43. The third kappa shape index (κ3) is 7.16. The molecule has 0 saturated carbocycles. The number of phenols is 1. The van der Waals surface area contributed by atoms with Gasteiger partial charge in [-0.1, -0.05) is 68.0 Å². The SMILES string of the molecule is C=C(COc1ccccc1)C1=CCB(O)OC1CC/C(=C/c1ccc(O)cc1)CCC. The summed E-state index contributed by atoms with van der Waals surface area (Å²) in [5.74, 6) is 1.07. The average molecular weight is 418 g/mol. The first-order valence-corrected chi connectivity index (χ1v) is 10.9. The molecule has 0 amide bonds. The maximum absolute atomic E-state index is 10.1. The molecule has 0 aliphatic carbocycles. The Labute approximate surface area is 185 Å². The highest BCUT2D eigenvalue weighted by Gasteiger charge is 2.28. The highest BCUT2D eigenvalue weighted by Crippen LogP contribution is 2.29. The molecule has 1 atom stereocenters. The van der Waals surface area contributed by atoms with E-state index in [2.05, 4.69) is 19.6 Å². The molecule has 2 aromatic carbocycles. The van der Waals surface area contributed by atoms with Crippen LogP contribution in [0, 0.1) is 0 Å². The van der Waals surface area contributed by atoms with Crippen LogP contribution in [-0.4, -0.2) is 30.0 Å². The molecule has 1 unspecified atom stereocenters. The van der Waals surface area contributed by atoms with Crippen molar-refractivity contribution >= 4 is 13.2 Å². The predicted octanol–water partition coefficient (Wildman–Crippen LogP) is 5.80. The summed E-state index contributed by atoms with van der Waals surface area (Å²) in [4.78, 5) is 0. The van der Waals surface area contributed by atoms with E-state index in [1.807, 2.05) is 48.5 Å². The molecule has 0 spiro atoms. The Bertz CT molecular complexity index is 903. The Morgan fingerprint density at radius 3 is 2.61 bits per heavy atom. The minimum Gasteiger partial charge on any atom is -0.508 e. The van der Waals surface area contributed by atoms with Crippen LogP contribution in [-0.2, 0) is 4.65 Å². The van der Waals surface area contributed by atoms with Crippen molar-refractivity contribution in [1.82, 2.24) is 0 Å². The number of hydrogen-bond donors (Lipinski definition) is 2. The van der Waals surface area contributed by atoms with Gasteiger partial charge in [0, 0.05) is 6.32 Å². The van der Waals surface area contributed by atoms with Crippen LogP contribution in [0.5, 0.6) is 11.5 Å². The fourth-order valence-electron chi connectivity index (χ4n) is 3.76. The zero-order chi connectivity index (χ0) is 22.1. The summed E-state index contributed by atoms with van der Waals surface area (Å²) >= 11 is 0. The number of phenolic OH excluding ortho intramolecular Hbond substituents is 1. The third-order valence-electron chi connectivity index (χ3n) is 5.33. The van der Waals surface area contributed by atoms with Crippen molar-refractivity contribution < 1.29 is 19.5 Å². The number of aromatic hydroxyl groups is 1. The molecule has 3 rings (SSSR count). The Kier molecular flexibility index (Phi) is 8.57. The predicted molar refractivity (Wildman–Crippen MR) is 127 cm³/mol. The first-order chi connectivity index (χ1) is 15.0. The number of rotatable bonds is 10. The Morgan fingerprint density at radius 2 is 1.90 bits per heavy atom. The summed E-state index contributed by atoms with van der Waals surface area (Å²) in [7, 11) is -0.785. The molecule has 1 aliphatic heterocycles. The van der Waals surface area contributed by atoms with E-state index < -0.39 is 7.12 Å². The van der Waals surface area contributed by atoms with E-state index in [1.54, 1.807) is 12.1 Å². The Morgan fingerprint density at radius 1 is 1.16 bits per heavy atom. The molecule has 0 bridgehead atoms. The van der Waals surface area contributed by atoms with E-state index in [0.717, 1.165) is 48.1 Å². The minimum atomic E-state index is -0.785. The summed E-state index contributed by atoms with van der Waals surface area (Å²) in [6, 6.07) is 16.9. The molecular formula is C26H31BO4. The van der Waals surface area contributed by atoms with Gasteiger partial charge in [0.15, 0.2) is 0 Å². The molecule has 5 heteroatoms. The Balaban J connectivity index is 1.65. The molecule has 2 aromatic rings. The summed E-state index contributed by atoms with van der Waals surface area (Å²) in [6.45, 7) is 6.77. The van der Waals surface area contributed by atoms with Gasteiger partial charge in [0.25, 0.3) is 0 Å². The Hall–Kier alpha value is -2.76. The average Bonchev–Trinajstić information content (AvgIpc) is 2.78. The molecule has 31 heavy (non-hydrogen) atoms. The maximum atomic E-state index is 10.1. The standard InChI is InChI=1S/C26H31BO4/c1-3-7-21(18-22-10-13-23(28)14-11-22)12-15-26-25(16-17-27(29)31-26)20(2)19-30-24-8-5-4-6-9-24/h4-6,8-11,13-14,16,18,26,28-29H,2-3,7,12,15,17,19H2,1H3/b21-18+. The molecule has 0 radical (unpaired) electrons. The molecular weight excluding hydrogens is 387 g/mol. The van der Waals surface area contributed by atoms with E-state index in [4.69, 9.17) is 9.39 Å². The normalized spacial score (nSPS) is 16.7. The van der Waals surface area contributed by atoms with Crippen LogP contribution in [0.15, 0.2) is 84.0 Å². The topological polar surface area (TPSA) is 58.9 Å². The van der Waals surface area contributed by atoms with Gasteiger partial charge in [0.2, 0.25) is 0 Å². The van der Waals surface area contributed by atoms with Crippen LogP contribution in [0.4, 0.5) is 0 Å². The first kappa shape index (κ1) is 22.9. The molecule has 2 N–H and O–H groups in total. The van der Waals surface area contributed by atoms with Crippen LogP contribution < -0.4 is 4.74 Å². The van der Waals surface area contributed by atoms with Crippen LogP contribution in [0.2, 0.25) is 6.32 Å². The molecule has 1 heterocycles. The molecule has 1 aliphatic rings. The van der Waals surface area contributed by atoms with Crippen LogP contribution >= 0.6 is 0 Å². The van der Waals surface area contributed by atoms with Gasteiger partial charge in [-0.25, -0.2) is 0 Å². The molecule has 4 nitrogen and oxygen atoms in total. The van der Waals surface area contributed by atoms with Crippen molar-refractivity contribution in [3.63, 3.8) is 0 Å². The lowest BCUT2D eigenvalue weighted by molar-refractivity contribution is 0.181. The van der Waals surface area contributed by atoms with Crippen molar-refractivity contribution in [3.05, 3.63) is 89.5 Å². The molecule has 0 fully saturated rings. The van der Waals surface area contributed by atoms with Crippen molar-refractivity contribution in [1.29, 1.82) is 0 Å². The monoisotopic (exact) mass is 418 g/mol. The number of allylic oxidation sites excluding steroid dienone is 2. The summed E-state index contributed by atoms with van der Waals surface area (Å²) in [5, 5.41) is 19.6. The van der Waals surface area contributed by atoms with Gasteiger partial charge in [-0.2, -0.15) is 0 Å². The zero-order valence-electron chi connectivity index (χ0n) is 18.2. The summed E-state index contributed by atoms with van der Waals surface area (Å²) < 4.78 is 11.7. The van der Waals surface area contributed by atoms with Crippen LogP contribution in [0.3, 0.4) is 0 Å². The van der Waals surface area contributed by atoms with Crippen LogP contribution in [0.1, 0.15) is 38.2 Å². The van der Waals surface area contributed by atoms with Gasteiger partial charge in [-0.3, -0.25) is 0 Å². The second kappa shape index (κ2) is 11.6. The third-order valence-corrected chi connectivity index (χ3v) is 5.33. The van der Waals surface area contributed by atoms with Gasteiger partial charge in [-0.15, -0.1) is 0 Å². The lowest BCUT2D eigenvalue weighted by Gasteiger charge is -2.28. The lowest BCUT2D eigenvalue weighted by atomic mass is 9.78. The van der Waals surface area contributed by atoms with Crippen molar-refractivity contribution in [2.75, 3.05) is 6.61 Å². The maximum Gasteiger partial charge on any atom is 0.458 e. The summed E-state index contributed by atoms with van der Waals surface area (Å²) in [6.07, 6.45) is 8.12. The van der Waals surface area contributed by atoms with Crippen molar-refractivity contribution in [3.8, 4) is 11.5 Å². The van der Waals surface area contributed by atoms with Crippen molar-refractivity contribution in [2.45, 2.75) is 45.0 Å². The zero-order valence-corrected chi connectivity index (χ0v) is 18.2.